The molecule has 3 N–H and O–H groups in total. The first-order valence-electron chi connectivity index (χ1n) is 3.46. The summed E-state index contributed by atoms with van der Waals surface area (Å²) in [5.41, 5.74) is 5.42. The molecule has 0 fully saturated rings. The van der Waals surface area contributed by atoms with Crippen molar-refractivity contribution in [1.29, 1.82) is 0 Å². The van der Waals surface area contributed by atoms with Crippen LogP contribution in [0.3, 0.4) is 0 Å². The molecule has 0 saturated heterocycles. The van der Waals surface area contributed by atoms with Crippen molar-refractivity contribution in [3.05, 3.63) is 0 Å². The molecule has 1 heterocycles. The van der Waals surface area contributed by atoms with E-state index in [1.807, 2.05) is 0 Å². The molecule has 0 bridgehead atoms. The number of amides is 2. The zero-order valence-electron chi connectivity index (χ0n) is 7.24. The fraction of sp³-hybridized carbons (Fsp3) is 0.333. The van der Waals surface area contributed by atoms with E-state index in [0.29, 0.717) is 0 Å². The van der Waals surface area contributed by atoms with E-state index in [9.17, 15) is 9.59 Å². The van der Waals surface area contributed by atoms with Gasteiger partial charge in [-0.25, -0.2) is 0 Å². The predicted octanol–water partition coefficient (Wildman–Crippen LogP) is -2.12. The van der Waals surface area contributed by atoms with Crippen molar-refractivity contribution in [2.24, 2.45) is 15.7 Å². The van der Waals surface area contributed by atoms with Crippen molar-refractivity contribution in [3.63, 3.8) is 0 Å². The molecule has 0 radical (unpaired) electrons. The zero-order valence-corrected chi connectivity index (χ0v) is 7.24. The molecule has 0 unspecified atom stereocenters. The normalized spacial score (nSPS) is 17.1. The highest BCUT2D eigenvalue weighted by atomic mass is 16.2. The molecular formula is C6H9N5O2. The highest BCUT2D eigenvalue weighted by Gasteiger charge is 2.23. The van der Waals surface area contributed by atoms with Gasteiger partial charge in [-0.2, -0.15) is 9.98 Å². The highest BCUT2D eigenvalue weighted by molar-refractivity contribution is 6.44. The molecule has 70 valence electrons. The van der Waals surface area contributed by atoms with Crippen LogP contribution in [-0.2, 0) is 9.59 Å². The molecule has 1 aliphatic rings. The summed E-state index contributed by atoms with van der Waals surface area (Å²) >= 11 is 0. The lowest BCUT2D eigenvalue weighted by Crippen LogP contribution is -2.34. The minimum atomic E-state index is -0.856. The van der Waals surface area contributed by atoms with Gasteiger partial charge in [-0.15, -0.1) is 0 Å². The number of nitrogens with one attached hydrogen (secondary N) is 1. The summed E-state index contributed by atoms with van der Waals surface area (Å²) in [4.78, 5) is 29.8. The predicted molar refractivity (Wildman–Crippen MR) is 45.9 cm³/mol. The largest absolute Gasteiger partial charge is 0.369 e. The second-order valence-electron chi connectivity index (χ2n) is 2.56. The third-order valence-corrected chi connectivity index (χ3v) is 1.31. The van der Waals surface area contributed by atoms with Crippen LogP contribution >= 0.6 is 0 Å². The van der Waals surface area contributed by atoms with Gasteiger partial charge in [0.25, 0.3) is 0 Å². The average molecular weight is 183 g/mol. The molecule has 0 aromatic rings. The lowest BCUT2D eigenvalue weighted by atomic mass is 10.6. The second kappa shape index (κ2) is 3.21. The topological polar surface area (TPSA) is 100 Å². The molecule has 1 rings (SSSR count). The maximum absolute atomic E-state index is 10.6. The van der Waals surface area contributed by atoms with Gasteiger partial charge in [0.05, 0.1) is 0 Å². The molecule has 0 aromatic carbocycles. The van der Waals surface area contributed by atoms with Crippen molar-refractivity contribution in [1.82, 2.24) is 10.2 Å². The van der Waals surface area contributed by atoms with E-state index in [4.69, 9.17) is 5.73 Å². The van der Waals surface area contributed by atoms with E-state index in [0.717, 1.165) is 0 Å². The molecule has 13 heavy (non-hydrogen) atoms. The van der Waals surface area contributed by atoms with Crippen molar-refractivity contribution < 1.29 is 9.59 Å². The smallest absolute Gasteiger partial charge is 0.338 e. The van der Waals surface area contributed by atoms with E-state index >= 15 is 0 Å². The van der Waals surface area contributed by atoms with Gasteiger partial charge >= 0.3 is 11.8 Å². The van der Waals surface area contributed by atoms with Gasteiger partial charge in [-0.05, 0) is 0 Å². The molecular weight excluding hydrogens is 174 g/mol. The van der Waals surface area contributed by atoms with Crippen LogP contribution in [0.4, 0.5) is 0 Å². The van der Waals surface area contributed by atoms with Crippen molar-refractivity contribution in [2.75, 3.05) is 14.1 Å². The van der Waals surface area contributed by atoms with Crippen LogP contribution in [0.25, 0.3) is 0 Å². The van der Waals surface area contributed by atoms with E-state index in [1.54, 1.807) is 14.1 Å². The van der Waals surface area contributed by atoms with Crippen LogP contribution < -0.4 is 11.1 Å². The van der Waals surface area contributed by atoms with Crippen LogP contribution in [0.5, 0.6) is 0 Å². The molecule has 0 aromatic heterocycles. The number of aliphatic imine (C=N–C) groups is 2. The van der Waals surface area contributed by atoms with Gasteiger partial charge < -0.3 is 10.6 Å². The molecule has 1 aliphatic heterocycles. The molecule has 0 saturated carbocycles. The molecule has 0 atom stereocenters. The summed E-state index contributed by atoms with van der Waals surface area (Å²) in [5.74, 6) is -1.55. The van der Waals surface area contributed by atoms with Crippen molar-refractivity contribution in [2.45, 2.75) is 0 Å². The fourth-order valence-corrected chi connectivity index (χ4v) is 0.591. The van der Waals surface area contributed by atoms with Gasteiger partial charge in [0, 0.05) is 14.1 Å². The van der Waals surface area contributed by atoms with Crippen molar-refractivity contribution in [3.8, 4) is 0 Å². The van der Waals surface area contributed by atoms with E-state index in [2.05, 4.69) is 15.3 Å². The third-order valence-electron chi connectivity index (χ3n) is 1.31. The molecule has 0 aliphatic carbocycles. The Balaban J connectivity index is 2.77. The maximum atomic E-state index is 10.6. The SMILES string of the molecule is CN(C)/C(N)=N/C1=NC(=O)C(=O)N1. The first kappa shape index (κ1) is 9.17. The first-order valence-corrected chi connectivity index (χ1v) is 3.46. The van der Waals surface area contributed by atoms with Gasteiger partial charge in [0.1, 0.15) is 0 Å². The monoisotopic (exact) mass is 183 g/mol. The number of nitrogens with zero attached hydrogens (tertiary/aromatic N) is 3. The van der Waals surface area contributed by atoms with Crippen LogP contribution in [0.1, 0.15) is 0 Å². The summed E-state index contributed by atoms with van der Waals surface area (Å²) in [6, 6.07) is 0. The van der Waals surface area contributed by atoms with Gasteiger partial charge in [-0.3, -0.25) is 14.9 Å². The number of carbonyl (C=O) groups is 2. The van der Waals surface area contributed by atoms with Crippen molar-refractivity contribution >= 4 is 23.7 Å². The van der Waals surface area contributed by atoms with E-state index in [1.165, 1.54) is 4.90 Å². The molecule has 0 spiro atoms. The lowest BCUT2D eigenvalue weighted by molar-refractivity contribution is -0.135. The summed E-state index contributed by atoms with van der Waals surface area (Å²) in [6.07, 6.45) is 0. The van der Waals surface area contributed by atoms with Gasteiger partial charge in [0.15, 0.2) is 5.96 Å². The van der Waals surface area contributed by atoms with Gasteiger partial charge in [-0.1, -0.05) is 0 Å². The number of guanidine groups is 2. The Morgan fingerprint density at radius 3 is 2.54 bits per heavy atom. The standard InChI is InChI=1S/C6H9N5O2/c1-11(2)5(7)10-6-8-3(12)4(13)9-6/h1-2H3,(H3,7,8,9,10,12,13). The number of nitrogens with two attached hydrogens (primary N) is 1. The average Bonchev–Trinajstić information content (AvgIpc) is 2.31. The third kappa shape index (κ3) is 2.01. The minimum Gasteiger partial charge on any atom is -0.369 e. The van der Waals surface area contributed by atoms with Crippen LogP contribution in [0, 0.1) is 0 Å². The van der Waals surface area contributed by atoms with Crippen LogP contribution in [0.15, 0.2) is 9.98 Å². The lowest BCUT2D eigenvalue weighted by Gasteiger charge is -2.09. The number of rotatable bonds is 0. The van der Waals surface area contributed by atoms with Crippen LogP contribution in [-0.4, -0.2) is 42.7 Å². The summed E-state index contributed by atoms with van der Waals surface area (Å²) < 4.78 is 0. The fourth-order valence-electron chi connectivity index (χ4n) is 0.591. The molecule has 7 heteroatoms. The second-order valence-corrected chi connectivity index (χ2v) is 2.56. The number of hydrogen-bond acceptors (Lipinski definition) is 3. The Morgan fingerprint density at radius 1 is 1.54 bits per heavy atom. The Kier molecular flexibility index (Phi) is 2.27. The first-order chi connectivity index (χ1) is 6.00. The number of hydrogen-bond donors (Lipinski definition) is 2. The quantitative estimate of drug-likeness (QED) is 0.254. The Bertz CT molecular complexity index is 317. The molecule has 7 nitrogen and oxygen atoms in total. The van der Waals surface area contributed by atoms with E-state index < -0.39 is 11.8 Å². The maximum Gasteiger partial charge on any atom is 0.338 e. The molecule has 2 amide bonds. The highest BCUT2D eigenvalue weighted by Crippen LogP contribution is 1.91. The zero-order chi connectivity index (χ0) is 10.0. The Hall–Kier alpha value is -1.92. The van der Waals surface area contributed by atoms with Gasteiger partial charge in [0.2, 0.25) is 5.96 Å². The number of carbonyl (C=O) groups excluding carboxylic acids is 2. The van der Waals surface area contributed by atoms with Crippen LogP contribution in [0.2, 0.25) is 0 Å². The summed E-state index contributed by atoms with van der Waals surface area (Å²) in [7, 11) is 3.36. The summed E-state index contributed by atoms with van der Waals surface area (Å²) in [6.45, 7) is 0. The Morgan fingerprint density at radius 2 is 2.15 bits per heavy atom. The minimum absolute atomic E-state index is 0.0683. The summed E-state index contributed by atoms with van der Waals surface area (Å²) in [5, 5.41) is 2.16. The Labute approximate surface area is 74.3 Å². The van der Waals surface area contributed by atoms with E-state index in [-0.39, 0.29) is 11.9 Å².